The Balaban J connectivity index is 1.77. The van der Waals surface area contributed by atoms with Gasteiger partial charge in [0.15, 0.2) is 0 Å². The van der Waals surface area contributed by atoms with E-state index in [1.807, 2.05) is 18.7 Å². The summed E-state index contributed by atoms with van der Waals surface area (Å²) in [4.78, 5) is 31.2. The molecule has 27 heavy (non-hydrogen) atoms. The molecule has 1 aromatic carbocycles. The molecule has 0 radical (unpaired) electrons. The van der Waals surface area contributed by atoms with Crippen LogP contribution in [-0.4, -0.2) is 77.0 Å². The van der Waals surface area contributed by atoms with Crippen LogP contribution in [0.1, 0.15) is 38.1 Å². The maximum atomic E-state index is 14.1. The van der Waals surface area contributed by atoms with Gasteiger partial charge in [0.2, 0.25) is 0 Å². The van der Waals surface area contributed by atoms with Gasteiger partial charge in [-0.05, 0) is 39.8 Å². The lowest BCUT2D eigenvalue weighted by atomic mass is 9.92. The molecule has 1 N–H and O–H groups in total. The fourth-order valence-electron chi connectivity index (χ4n) is 4.17. The zero-order valence-corrected chi connectivity index (χ0v) is 16.5. The van der Waals surface area contributed by atoms with Crippen molar-refractivity contribution in [2.75, 3.05) is 32.7 Å². The van der Waals surface area contributed by atoms with Gasteiger partial charge < -0.3 is 15.1 Å². The van der Waals surface area contributed by atoms with Crippen LogP contribution in [-0.2, 0) is 0 Å². The first-order chi connectivity index (χ1) is 12.7. The Morgan fingerprint density at radius 1 is 1.15 bits per heavy atom. The van der Waals surface area contributed by atoms with E-state index < -0.39 is 5.82 Å². The van der Waals surface area contributed by atoms with Crippen molar-refractivity contribution in [3.63, 3.8) is 0 Å². The highest BCUT2D eigenvalue weighted by atomic mass is 19.1. The number of carbonyl (C=O) groups is 2. The van der Waals surface area contributed by atoms with E-state index in [1.54, 1.807) is 17.0 Å². The van der Waals surface area contributed by atoms with Crippen molar-refractivity contribution >= 4 is 11.9 Å². The molecular weight excluding hydrogens is 347 g/mol. The van der Waals surface area contributed by atoms with Crippen molar-refractivity contribution in [1.82, 2.24) is 20.0 Å². The smallest absolute Gasteiger partial charge is 0.317 e. The molecule has 2 saturated heterocycles. The maximum Gasteiger partial charge on any atom is 0.317 e. The van der Waals surface area contributed by atoms with Crippen molar-refractivity contribution in [2.24, 2.45) is 0 Å². The molecule has 6 nitrogen and oxygen atoms in total. The number of halogens is 1. The highest BCUT2D eigenvalue weighted by Crippen LogP contribution is 2.29. The summed E-state index contributed by atoms with van der Waals surface area (Å²) in [6.45, 7) is 11.1. The van der Waals surface area contributed by atoms with Crippen LogP contribution >= 0.6 is 0 Å². The number of urea groups is 1. The molecule has 0 bridgehead atoms. The Morgan fingerprint density at radius 2 is 1.81 bits per heavy atom. The highest BCUT2D eigenvalue weighted by Gasteiger charge is 2.44. The van der Waals surface area contributed by atoms with Gasteiger partial charge in [0.1, 0.15) is 5.82 Å². The van der Waals surface area contributed by atoms with Gasteiger partial charge >= 0.3 is 6.03 Å². The van der Waals surface area contributed by atoms with Gasteiger partial charge in [-0.15, -0.1) is 0 Å². The van der Waals surface area contributed by atoms with E-state index in [1.165, 1.54) is 12.1 Å². The van der Waals surface area contributed by atoms with Gasteiger partial charge in [0.25, 0.3) is 5.91 Å². The summed E-state index contributed by atoms with van der Waals surface area (Å²) in [7, 11) is 0. The Labute approximate surface area is 160 Å². The third kappa shape index (κ3) is 4.08. The molecule has 2 aliphatic rings. The number of nitrogens with zero attached hydrogens (tertiary/aromatic N) is 3. The summed E-state index contributed by atoms with van der Waals surface area (Å²) in [6, 6.07) is 6.15. The van der Waals surface area contributed by atoms with Gasteiger partial charge in [-0.2, -0.15) is 0 Å². The second-order valence-electron chi connectivity index (χ2n) is 8.38. The molecule has 3 amide bonds. The lowest BCUT2D eigenvalue weighted by Gasteiger charge is -2.55. The fourth-order valence-corrected chi connectivity index (χ4v) is 4.17. The number of fused-ring (bicyclic) bond motifs is 1. The number of nitrogens with one attached hydrogen (secondary N) is 1. The Hall–Kier alpha value is -2.15. The first kappa shape index (κ1) is 19.6. The second-order valence-corrected chi connectivity index (χ2v) is 8.38. The number of rotatable bonds is 2. The average molecular weight is 376 g/mol. The number of hydrogen-bond donors (Lipinski definition) is 1. The standard InChI is InChI=1S/C20H29FN4O2/c1-14(2)22-19(27)23-9-10-25-15(11-23)12-24(13-20(25,3)4)18(26)16-7-5-6-8-17(16)21/h5-8,14-15H,9-13H2,1-4H3,(H,22,27). The van der Waals surface area contributed by atoms with E-state index in [9.17, 15) is 14.0 Å². The molecule has 0 aromatic heterocycles. The minimum Gasteiger partial charge on any atom is -0.336 e. The molecule has 7 heteroatoms. The largest absolute Gasteiger partial charge is 0.336 e. The molecule has 1 aromatic rings. The van der Waals surface area contributed by atoms with Crippen LogP contribution < -0.4 is 5.32 Å². The molecule has 0 aliphatic carbocycles. The van der Waals surface area contributed by atoms with Crippen LogP contribution in [0.4, 0.5) is 9.18 Å². The number of hydrogen-bond acceptors (Lipinski definition) is 3. The Bertz CT molecular complexity index is 722. The van der Waals surface area contributed by atoms with Crippen LogP contribution in [0, 0.1) is 5.82 Å². The molecule has 1 atom stereocenters. The van der Waals surface area contributed by atoms with Crippen LogP contribution in [0.2, 0.25) is 0 Å². The number of benzene rings is 1. The van der Waals surface area contributed by atoms with Crippen LogP contribution in [0.5, 0.6) is 0 Å². The first-order valence-electron chi connectivity index (χ1n) is 9.55. The van der Waals surface area contributed by atoms with Gasteiger partial charge in [-0.3, -0.25) is 9.69 Å². The second kappa shape index (κ2) is 7.46. The first-order valence-corrected chi connectivity index (χ1v) is 9.55. The van der Waals surface area contributed by atoms with Crippen LogP contribution in [0.15, 0.2) is 24.3 Å². The van der Waals surface area contributed by atoms with Gasteiger partial charge in [-0.1, -0.05) is 12.1 Å². The summed E-state index contributed by atoms with van der Waals surface area (Å²) in [5, 5.41) is 2.93. The summed E-state index contributed by atoms with van der Waals surface area (Å²) in [5.41, 5.74) is -0.128. The minimum absolute atomic E-state index is 0.0381. The number of carbonyl (C=O) groups excluding carboxylic acids is 2. The van der Waals surface area contributed by atoms with Crippen LogP contribution in [0.25, 0.3) is 0 Å². The van der Waals surface area contributed by atoms with Crippen molar-refractivity contribution in [1.29, 1.82) is 0 Å². The van der Waals surface area contributed by atoms with Crippen molar-refractivity contribution in [3.8, 4) is 0 Å². The van der Waals surface area contributed by atoms with E-state index >= 15 is 0 Å². The maximum absolute atomic E-state index is 14.1. The quantitative estimate of drug-likeness (QED) is 0.861. The monoisotopic (exact) mass is 376 g/mol. The number of piperazine rings is 2. The predicted molar refractivity (Wildman–Crippen MR) is 102 cm³/mol. The molecule has 3 rings (SSSR count). The Kier molecular flexibility index (Phi) is 5.42. The molecule has 2 heterocycles. The average Bonchev–Trinajstić information content (AvgIpc) is 2.60. The van der Waals surface area contributed by atoms with E-state index in [-0.39, 0.29) is 35.1 Å². The molecule has 0 saturated carbocycles. The molecular formula is C20H29FN4O2. The minimum atomic E-state index is -0.496. The van der Waals surface area contributed by atoms with E-state index in [4.69, 9.17) is 0 Å². The zero-order valence-electron chi connectivity index (χ0n) is 16.5. The summed E-state index contributed by atoms with van der Waals surface area (Å²) in [5.74, 6) is -0.783. The third-order valence-electron chi connectivity index (χ3n) is 5.36. The van der Waals surface area contributed by atoms with E-state index in [2.05, 4.69) is 24.1 Å². The van der Waals surface area contributed by atoms with Crippen LogP contribution in [0.3, 0.4) is 0 Å². The van der Waals surface area contributed by atoms with E-state index in [0.29, 0.717) is 26.2 Å². The fraction of sp³-hybridized carbons (Fsp3) is 0.600. The summed E-state index contributed by atoms with van der Waals surface area (Å²) >= 11 is 0. The zero-order chi connectivity index (χ0) is 19.8. The molecule has 148 valence electrons. The third-order valence-corrected chi connectivity index (χ3v) is 5.36. The predicted octanol–water partition coefficient (Wildman–Crippen LogP) is 2.16. The lowest BCUT2D eigenvalue weighted by Crippen LogP contribution is -2.71. The molecule has 2 fully saturated rings. The SMILES string of the molecule is CC(C)NC(=O)N1CCN2C(C1)CN(C(=O)c1ccccc1F)CC2(C)C. The molecule has 0 spiro atoms. The topological polar surface area (TPSA) is 55.9 Å². The highest BCUT2D eigenvalue weighted by molar-refractivity contribution is 5.94. The van der Waals surface area contributed by atoms with E-state index in [0.717, 1.165) is 6.54 Å². The van der Waals surface area contributed by atoms with Crippen molar-refractivity contribution < 1.29 is 14.0 Å². The van der Waals surface area contributed by atoms with Gasteiger partial charge in [-0.25, -0.2) is 9.18 Å². The molecule has 1 unspecified atom stereocenters. The van der Waals surface area contributed by atoms with Gasteiger partial charge in [0.05, 0.1) is 5.56 Å². The normalized spacial score (nSPS) is 22.5. The number of amides is 3. The van der Waals surface area contributed by atoms with Crippen molar-refractivity contribution in [2.45, 2.75) is 45.3 Å². The molecule has 2 aliphatic heterocycles. The van der Waals surface area contributed by atoms with Gasteiger partial charge in [0, 0.05) is 50.3 Å². The summed E-state index contributed by atoms with van der Waals surface area (Å²) < 4.78 is 14.1. The summed E-state index contributed by atoms with van der Waals surface area (Å²) in [6.07, 6.45) is 0. The Morgan fingerprint density at radius 3 is 2.48 bits per heavy atom. The van der Waals surface area contributed by atoms with Crippen molar-refractivity contribution in [3.05, 3.63) is 35.6 Å². The lowest BCUT2D eigenvalue weighted by molar-refractivity contribution is -0.0483.